The minimum absolute atomic E-state index is 0.0214. The maximum atomic E-state index is 10.8. The summed E-state index contributed by atoms with van der Waals surface area (Å²) >= 11 is 0. The molecule has 1 aliphatic rings. The highest BCUT2D eigenvalue weighted by atomic mass is 16.6. The number of nitrogens with one attached hydrogen (secondary N) is 1. The van der Waals surface area contributed by atoms with Crippen molar-refractivity contribution in [1.29, 1.82) is 0 Å². The van der Waals surface area contributed by atoms with Gasteiger partial charge in [0.15, 0.2) is 0 Å². The van der Waals surface area contributed by atoms with E-state index in [1.165, 1.54) is 12.6 Å². The Morgan fingerprint density at radius 3 is 2.81 bits per heavy atom. The zero-order chi connectivity index (χ0) is 11.4. The Balaban J connectivity index is 2.10. The topological polar surface area (TPSA) is 71.3 Å². The van der Waals surface area contributed by atoms with Crippen LogP contribution in [0.3, 0.4) is 0 Å². The number of nitrogens with zero attached hydrogens (tertiary/aromatic N) is 3. The average Bonchev–Trinajstić information content (AvgIpc) is 2.31. The van der Waals surface area contributed by atoms with Crippen molar-refractivity contribution < 1.29 is 4.92 Å². The van der Waals surface area contributed by atoms with Crippen LogP contribution in [0.15, 0.2) is 18.5 Å². The molecule has 0 aromatic carbocycles. The summed E-state index contributed by atoms with van der Waals surface area (Å²) in [6, 6.07) is 1.63. The van der Waals surface area contributed by atoms with Crippen molar-refractivity contribution in [3.8, 4) is 0 Å². The summed E-state index contributed by atoms with van der Waals surface area (Å²) in [4.78, 5) is 14.1. The third-order valence-electron chi connectivity index (χ3n) is 2.63. The SMILES string of the molecule is O=[N+]([O-])c1cnccc1NN1CCCCC1. The molecule has 1 aromatic heterocycles. The molecule has 1 aromatic rings. The van der Waals surface area contributed by atoms with Gasteiger partial charge in [-0.2, -0.15) is 0 Å². The van der Waals surface area contributed by atoms with Gasteiger partial charge in [-0.25, -0.2) is 5.01 Å². The van der Waals surface area contributed by atoms with Crippen LogP contribution in [0.4, 0.5) is 11.4 Å². The first-order valence-corrected chi connectivity index (χ1v) is 5.37. The van der Waals surface area contributed by atoms with E-state index in [9.17, 15) is 10.1 Å². The number of anilines is 1. The first-order valence-electron chi connectivity index (χ1n) is 5.37. The molecule has 0 spiro atoms. The molecule has 0 bridgehead atoms. The van der Waals surface area contributed by atoms with Crippen molar-refractivity contribution in [3.63, 3.8) is 0 Å². The summed E-state index contributed by atoms with van der Waals surface area (Å²) in [5.41, 5.74) is 3.62. The smallest absolute Gasteiger partial charge is 0.311 e. The largest absolute Gasteiger partial charge is 0.313 e. The van der Waals surface area contributed by atoms with E-state index in [0.717, 1.165) is 25.9 Å². The van der Waals surface area contributed by atoms with E-state index in [1.807, 2.05) is 5.01 Å². The normalized spacial score (nSPS) is 17.0. The fourth-order valence-corrected chi connectivity index (χ4v) is 1.80. The van der Waals surface area contributed by atoms with Gasteiger partial charge in [0.05, 0.1) is 4.92 Å². The van der Waals surface area contributed by atoms with Crippen LogP contribution in [-0.4, -0.2) is 28.0 Å². The highest BCUT2D eigenvalue weighted by molar-refractivity contribution is 5.58. The van der Waals surface area contributed by atoms with E-state index in [0.29, 0.717) is 5.69 Å². The van der Waals surface area contributed by atoms with Crippen molar-refractivity contribution in [2.45, 2.75) is 19.3 Å². The predicted molar refractivity (Wildman–Crippen MR) is 59.9 cm³/mol. The van der Waals surface area contributed by atoms with Gasteiger partial charge in [0.25, 0.3) is 0 Å². The quantitative estimate of drug-likeness (QED) is 0.623. The maximum Gasteiger partial charge on any atom is 0.311 e. The highest BCUT2D eigenvalue weighted by Crippen LogP contribution is 2.23. The lowest BCUT2D eigenvalue weighted by Crippen LogP contribution is -2.35. The van der Waals surface area contributed by atoms with Crippen LogP contribution in [-0.2, 0) is 0 Å². The zero-order valence-corrected chi connectivity index (χ0v) is 8.93. The molecule has 0 aliphatic carbocycles. The number of piperidine rings is 1. The third-order valence-corrected chi connectivity index (χ3v) is 2.63. The summed E-state index contributed by atoms with van der Waals surface area (Å²) in [5.74, 6) is 0. The van der Waals surface area contributed by atoms with Crippen LogP contribution in [0, 0.1) is 10.1 Å². The maximum absolute atomic E-state index is 10.8. The minimum Gasteiger partial charge on any atom is -0.313 e. The average molecular weight is 222 g/mol. The van der Waals surface area contributed by atoms with Crippen LogP contribution >= 0.6 is 0 Å². The number of aromatic nitrogens is 1. The number of hydrogen-bond acceptors (Lipinski definition) is 5. The zero-order valence-electron chi connectivity index (χ0n) is 8.93. The molecule has 2 heterocycles. The summed E-state index contributed by atoms with van der Waals surface area (Å²) in [7, 11) is 0. The van der Waals surface area contributed by atoms with Gasteiger partial charge in [-0.3, -0.25) is 15.1 Å². The molecule has 86 valence electrons. The molecule has 2 rings (SSSR count). The lowest BCUT2D eigenvalue weighted by Gasteiger charge is -2.27. The Hall–Kier alpha value is -1.69. The first-order chi connectivity index (χ1) is 7.77. The third kappa shape index (κ3) is 2.46. The second kappa shape index (κ2) is 4.89. The summed E-state index contributed by atoms with van der Waals surface area (Å²) in [5, 5.41) is 12.8. The Kier molecular flexibility index (Phi) is 3.31. The molecule has 0 amide bonds. The molecule has 1 fully saturated rings. The lowest BCUT2D eigenvalue weighted by molar-refractivity contribution is -0.384. The molecule has 6 heteroatoms. The van der Waals surface area contributed by atoms with Gasteiger partial charge in [-0.1, -0.05) is 6.42 Å². The number of hydrogen-bond donors (Lipinski definition) is 1. The molecular weight excluding hydrogens is 208 g/mol. The number of pyridine rings is 1. The van der Waals surface area contributed by atoms with E-state index >= 15 is 0 Å². The fraction of sp³-hybridized carbons (Fsp3) is 0.500. The van der Waals surface area contributed by atoms with Gasteiger partial charge in [0.1, 0.15) is 11.9 Å². The molecule has 0 atom stereocenters. The van der Waals surface area contributed by atoms with Crippen LogP contribution in [0.5, 0.6) is 0 Å². The van der Waals surface area contributed by atoms with Crippen LogP contribution in [0.25, 0.3) is 0 Å². The van der Waals surface area contributed by atoms with E-state index in [2.05, 4.69) is 10.4 Å². The molecule has 6 nitrogen and oxygen atoms in total. The molecule has 1 saturated heterocycles. The first kappa shape index (κ1) is 10.8. The molecular formula is C10H14N4O2. The van der Waals surface area contributed by atoms with Crippen LogP contribution in [0.1, 0.15) is 19.3 Å². The minimum atomic E-state index is -0.417. The standard InChI is InChI=1S/C10H14N4O2/c15-14(16)10-8-11-5-4-9(10)12-13-6-2-1-3-7-13/h4-5,8H,1-3,6-7H2,(H,11,12). The predicted octanol–water partition coefficient (Wildman–Crippen LogP) is 1.80. The van der Waals surface area contributed by atoms with Gasteiger partial charge >= 0.3 is 5.69 Å². The van der Waals surface area contributed by atoms with E-state index in [4.69, 9.17) is 0 Å². The Morgan fingerprint density at radius 1 is 1.38 bits per heavy atom. The van der Waals surface area contributed by atoms with E-state index < -0.39 is 4.92 Å². The van der Waals surface area contributed by atoms with E-state index in [-0.39, 0.29) is 5.69 Å². The fourth-order valence-electron chi connectivity index (χ4n) is 1.80. The molecule has 16 heavy (non-hydrogen) atoms. The van der Waals surface area contributed by atoms with Gasteiger partial charge in [0, 0.05) is 19.3 Å². The molecule has 1 N–H and O–H groups in total. The lowest BCUT2D eigenvalue weighted by atomic mass is 10.2. The van der Waals surface area contributed by atoms with Gasteiger partial charge in [-0.05, 0) is 18.9 Å². The number of hydrazine groups is 1. The molecule has 0 unspecified atom stereocenters. The molecule has 1 aliphatic heterocycles. The number of rotatable bonds is 3. The van der Waals surface area contributed by atoms with Gasteiger partial charge in [0.2, 0.25) is 0 Å². The summed E-state index contributed by atoms with van der Waals surface area (Å²) < 4.78 is 0. The summed E-state index contributed by atoms with van der Waals surface area (Å²) in [6.45, 7) is 1.86. The highest BCUT2D eigenvalue weighted by Gasteiger charge is 2.16. The van der Waals surface area contributed by atoms with Gasteiger partial charge < -0.3 is 5.43 Å². The van der Waals surface area contributed by atoms with Crippen LogP contribution in [0.2, 0.25) is 0 Å². The van der Waals surface area contributed by atoms with Crippen molar-refractivity contribution in [2.75, 3.05) is 18.5 Å². The Bertz CT molecular complexity index is 377. The number of nitro groups is 1. The van der Waals surface area contributed by atoms with Crippen molar-refractivity contribution >= 4 is 11.4 Å². The summed E-state index contributed by atoms with van der Waals surface area (Å²) in [6.07, 6.45) is 6.32. The van der Waals surface area contributed by atoms with Crippen molar-refractivity contribution in [3.05, 3.63) is 28.6 Å². The van der Waals surface area contributed by atoms with Crippen molar-refractivity contribution in [2.24, 2.45) is 0 Å². The van der Waals surface area contributed by atoms with Gasteiger partial charge in [-0.15, -0.1) is 0 Å². The van der Waals surface area contributed by atoms with E-state index in [1.54, 1.807) is 12.3 Å². The second-order valence-electron chi connectivity index (χ2n) is 3.81. The Morgan fingerprint density at radius 2 is 2.12 bits per heavy atom. The molecule has 0 radical (unpaired) electrons. The second-order valence-corrected chi connectivity index (χ2v) is 3.81. The van der Waals surface area contributed by atoms with Crippen molar-refractivity contribution in [1.82, 2.24) is 9.99 Å². The Labute approximate surface area is 93.4 Å². The monoisotopic (exact) mass is 222 g/mol. The molecule has 0 saturated carbocycles. The van der Waals surface area contributed by atoms with Crippen LogP contribution < -0.4 is 5.43 Å².